The maximum Gasteiger partial charge on any atom is 0.140 e. The molecule has 1 aliphatic heterocycles. The topological polar surface area (TPSA) is 36.4 Å². The van der Waals surface area contributed by atoms with Gasteiger partial charge in [-0.25, -0.2) is 4.98 Å². The lowest BCUT2D eigenvalue weighted by atomic mass is 9.98. The fraction of sp³-hybridized carbons (Fsp3) is 0.808. The van der Waals surface area contributed by atoms with Gasteiger partial charge in [-0.15, -0.1) is 0 Å². The summed E-state index contributed by atoms with van der Waals surface area (Å²) in [6.45, 7) is 8.47. The molecule has 0 atom stereocenters. The van der Waals surface area contributed by atoms with Crippen molar-refractivity contribution in [2.24, 2.45) is 0 Å². The van der Waals surface area contributed by atoms with Gasteiger partial charge in [0.15, 0.2) is 0 Å². The summed E-state index contributed by atoms with van der Waals surface area (Å²) in [6.07, 6.45) is 21.9. The van der Waals surface area contributed by atoms with Gasteiger partial charge in [0.05, 0.1) is 5.69 Å². The molecule has 1 N–H and O–H groups in total. The van der Waals surface area contributed by atoms with Crippen molar-refractivity contribution < 1.29 is 5.11 Å². The van der Waals surface area contributed by atoms with Crippen molar-refractivity contribution in [2.45, 2.75) is 124 Å². The fourth-order valence-electron chi connectivity index (χ4n) is 4.69. The van der Waals surface area contributed by atoms with Gasteiger partial charge < -0.3 is 10.0 Å². The summed E-state index contributed by atoms with van der Waals surface area (Å²) >= 11 is 0. The molecule has 1 aromatic rings. The standard InChI is InChI=1S/C26H46N2O/c1-4-5-6-7-8-9-10-11-12-13-14-15-16-17-20-28-21-18-19-24-22(2)25(29)23(3)27-26(24)28/h29H,4-21H2,1-3H3. The van der Waals surface area contributed by atoms with Crippen molar-refractivity contribution >= 4 is 5.82 Å². The van der Waals surface area contributed by atoms with Crippen LogP contribution in [0.5, 0.6) is 5.75 Å². The highest BCUT2D eigenvalue weighted by Crippen LogP contribution is 2.34. The second-order valence-corrected chi connectivity index (χ2v) is 9.16. The van der Waals surface area contributed by atoms with Crippen LogP contribution in [-0.2, 0) is 6.42 Å². The molecule has 1 aromatic heterocycles. The molecule has 0 saturated heterocycles. The zero-order valence-electron chi connectivity index (χ0n) is 19.6. The number of rotatable bonds is 15. The van der Waals surface area contributed by atoms with Gasteiger partial charge >= 0.3 is 0 Å². The van der Waals surface area contributed by atoms with Crippen LogP contribution in [-0.4, -0.2) is 23.2 Å². The summed E-state index contributed by atoms with van der Waals surface area (Å²) in [6, 6.07) is 0. The van der Waals surface area contributed by atoms with Gasteiger partial charge in [0.1, 0.15) is 11.6 Å². The zero-order chi connectivity index (χ0) is 20.9. The lowest BCUT2D eigenvalue weighted by molar-refractivity contribution is 0.460. The fourth-order valence-corrected chi connectivity index (χ4v) is 4.69. The highest BCUT2D eigenvalue weighted by Gasteiger charge is 2.22. The van der Waals surface area contributed by atoms with Crippen molar-refractivity contribution in [3.05, 3.63) is 16.8 Å². The van der Waals surface area contributed by atoms with Gasteiger partial charge in [-0.05, 0) is 38.7 Å². The molecule has 166 valence electrons. The Labute approximate surface area is 180 Å². The smallest absolute Gasteiger partial charge is 0.140 e. The van der Waals surface area contributed by atoms with Crippen molar-refractivity contribution in [1.29, 1.82) is 0 Å². The van der Waals surface area contributed by atoms with Gasteiger partial charge in [0, 0.05) is 18.7 Å². The number of fused-ring (bicyclic) bond motifs is 1. The number of hydrogen-bond acceptors (Lipinski definition) is 3. The van der Waals surface area contributed by atoms with E-state index in [9.17, 15) is 5.11 Å². The van der Waals surface area contributed by atoms with Crippen molar-refractivity contribution in [3.8, 4) is 5.75 Å². The van der Waals surface area contributed by atoms with Gasteiger partial charge in [-0.1, -0.05) is 90.4 Å². The summed E-state index contributed by atoms with van der Waals surface area (Å²) < 4.78 is 0. The van der Waals surface area contributed by atoms with Crippen LogP contribution in [0.1, 0.15) is 120 Å². The molecule has 3 heteroatoms. The number of aromatic nitrogens is 1. The predicted molar refractivity (Wildman–Crippen MR) is 126 cm³/mol. The minimum Gasteiger partial charge on any atom is -0.506 e. The second kappa shape index (κ2) is 13.9. The second-order valence-electron chi connectivity index (χ2n) is 9.16. The van der Waals surface area contributed by atoms with Crippen LogP contribution in [0.3, 0.4) is 0 Å². The Morgan fingerprint density at radius 1 is 0.793 bits per heavy atom. The third-order valence-electron chi connectivity index (χ3n) is 6.63. The Hall–Kier alpha value is -1.25. The number of aromatic hydroxyl groups is 1. The van der Waals surface area contributed by atoms with E-state index in [0.29, 0.717) is 5.75 Å². The molecule has 0 bridgehead atoms. The highest BCUT2D eigenvalue weighted by atomic mass is 16.3. The third-order valence-corrected chi connectivity index (χ3v) is 6.63. The number of anilines is 1. The summed E-state index contributed by atoms with van der Waals surface area (Å²) in [5, 5.41) is 10.2. The third kappa shape index (κ3) is 8.18. The summed E-state index contributed by atoms with van der Waals surface area (Å²) in [7, 11) is 0. The first kappa shape index (κ1) is 24.0. The number of unbranched alkanes of at least 4 members (excludes halogenated alkanes) is 13. The van der Waals surface area contributed by atoms with Crippen LogP contribution in [0.4, 0.5) is 5.82 Å². The molecule has 2 heterocycles. The minimum atomic E-state index is 0.391. The first-order valence-electron chi connectivity index (χ1n) is 12.6. The molecular weight excluding hydrogens is 356 g/mol. The first-order chi connectivity index (χ1) is 14.1. The number of hydrogen-bond donors (Lipinski definition) is 1. The normalized spacial score (nSPS) is 13.7. The van der Waals surface area contributed by atoms with Crippen LogP contribution in [0.25, 0.3) is 0 Å². The SMILES string of the molecule is CCCCCCCCCCCCCCCCN1CCCc2c1nc(C)c(O)c2C. The first-order valence-corrected chi connectivity index (χ1v) is 12.6. The molecule has 1 aliphatic rings. The van der Waals surface area contributed by atoms with E-state index < -0.39 is 0 Å². The van der Waals surface area contributed by atoms with E-state index >= 15 is 0 Å². The quantitative estimate of drug-likeness (QED) is 0.306. The van der Waals surface area contributed by atoms with E-state index in [2.05, 4.69) is 11.8 Å². The van der Waals surface area contributed by atoms with Gasteiger partial charge in [-0.2, -0.15) is 0 Å². The molecule has 0 unspecified atom stereocenters. The Kier molecular flexibility index (Phi) is 11.5. The maximum absolute atomic E-state index is 10.2. The summed E-state index contributed by atoms with van der Waals surface area (Å²) in [4.78, 5) is 7.17. The molecule has 3 nitrogen and oxygen atoms in total. The van der Waals surface area contributed by atoms with Crippen molar-refractivity contribution in [1.82, 2.24) is 4.98 Å². The number of nitrogens with zero attached hydrogens (tertiary/aromatic N) is 2. The Balaban J connectivity index is 1.51. The highest BCUT2D eigenvalue weighted by molar-refractivity contribution is 5.58. The maximum atomic E-state index is 10.2. The lowest BCUT2D eigenvalue weighted by Crippen LogP contribution is -2.32. The Morgan fingerprint density at radius 2 is 1.31 bits per heavy atom. The lowest BCUT2D eigenvalue weighted by Gasteiger charge is -2.31. The Bertz CT molecular complexity index is 585. The van der Waals surface area contributed by atoms with E-state index in [1.807, 2.05) is 13.8 Å². The van der Waals surface area contributed by atoms with Crippen molar-refractivity contribution in [2.75, 3.05) is 18.0 Å². The van der Waals surface area contributed by atoms with E-state index in [-0.39, 0.29) is 0 Å². The van der Waals surface area contributed by atoms with Crippen LogP contribution >= 0.6 is 0 Å². The molecule has 0 amide bonds. The molecule has 0 aliphatic carbocycles. The Morgan fingerprint density at radius 3 is 1.86 bits per heavy atom. The van der Waals surface area contributed by atoms with Crippen LogP contribution < -0.4 is 4.90 Å². The number of pyridine rings is 1. The van der Waals surface area contributed by atoms with E-state index in [0.717, 1.165) is 36.6 Å². The predicted octanol–water partition coefficient (Wildman–Crippen LogP) is 7.64. The van der Waals surface area contributed by atoms with E-state index in [1.54, 1.807) is 0 Å². The van der Waals surface area contributed by atoms with Gasteiger partial charge in [0.2, 0.25) is 0 Å². The average Bonchev–Trinajstić information content (AvgIpc) is 2.72. The monoisotopic (exact) mass is 402 g/mol. The summed E-state index contributed by atoms with van der Waals surface area (Å²) in [5.41, 5.74) is 3.08. The molecular formula is C26H46N2O. The molecule has 0 saturated carbocycles. The van der Waals surface area contributed by atoms with Crippen LogP contribution in [0, 0.1) is 13.8 Å². The van der Waals surface area contributed by atoms with E-state index in [1.165, 1.54) is 102 Å². The zero-order valence-corrected chi connectivity index (χ0v) is 19.6. The van der Waals surface area contributed by atoms with Crippen molar-refractivity contribution in [3.63, 3.8) is 0 Å². The molecule has 0 radical (unpaired) electrons. The average molecular weight is 403 g/mol. The molecule has 0 aromatic carbocycles. The van der Waals surface area contributed by atoms with E-state index in [4.69, 9.17) is 4.98 Å². The van der Waals surface area contributed by atoms with Crippen LogP contribution in [0.2, 0.25) is 0 Å². The molecule has 0 fully saturated rings. The largest absolute Gasteiger partial charge is 0.506 e. The molecule has 0 spiro atoms. The van der Waals surface area contributed by atoms with Gasteiger partial charge in [0.25, 0.3) is 0 Å². The molecule has 29 heavy (non-hydrogen) atoms. The van der Waals surface area contributed by atoms with Gasteiger partial charge in [-0.3, -0.25) is 0 Å². The minimum absolute atomic E-state index is 0.391. The van der Waals surface area contributed by atoms with Crippen LogP contribution in [0.15, 0.2) is 0 Å². The molecule has 2 rings (SSSR count). The summed E-state index contributed by atoms with van der Waals surface area (Å²) in [5.74, 6) is 1.53. The number of aryl methyl sites for hydroxylation is 1.